The maximum absolute atomic E-state index is 3.50. The molecule has 0 aliphatic heterocycles. The van der Waals surface area contributed by atoms with Gasteiger partial charge in [-0.2, -0.15) is 24.7 Å². The first-order chi connectivity index (χ1) is 9.36. The maximum atomic E-state index is 3.50. The van der Waals surface area contributed by atoms with Gasteiger partial charge in [0.2, 0.25) is 0 Å². The minimum atomic E-state index is 0. The summed E-state index contributed by atoms with van der Waals surface area (Å²) in [4.78, 5) is 1.40. The summed E-state index contributed by atoms with van der Waals surface area (Å²) in [6.07, 6.45) is 0. The normalized spacial score (nSPS) is 11.1. The Balaban J connectivity index is 0.000000283. The molecule has 20 heavy (non-hydrogen) atoms. The second-order valence-corrected chi connectivity index (χ2v) is 5.35. The Bertz CT molecular complexity index is 494. The zero-order valence-corrected chi connectivity index (χ0v) is 13.4. The van der Waals surface area contributed by atoms with Crippen molar-refractivity contribution in [1.82, 2.24) is 5.32 Å². The fraction of sp³-hybridized carbons (Fsp3) is 0.176. The number of hydrogen-bond donors (Lipinski definition) is 1. The molecule has 1 aromatic heterocycles. The molecule has 3 rings (SSSR count). The van der Waals surface area contributed by atoms with Crippen LogP contribution in [-0.4, -0.2) is 0 Å². The largest absolute Gasteiger partial charge is 0.748 e. The first kappa shape index (κ1) is 16.9. The van der Waals surface area contributed by atoms with Crippen molar-refractivity contribution in [2.24, 2.45) is 0 Å². The van der Waals surface area contributed by atoms with Crippen molar-refractivity contribution >= 4 is 11.3 Å². The molecule has 0 saturated carbocycles. The Morgan fingerprint density at radius 1 is 1.20 bits per heavy atom. The predicted molar refractivity (Wildman–Crippen MR) is 83.6 cm³/mol. The molecule has 0 aliphatic carbocycles. The van der Waals surface area contributed by atoms with Crippen LogP contribution >= 0.6 is 11.3 Å². The molecule has 0 fully saturated rings. The molecule has 0 spiro atoms. The molecule has 1 nitrogen and oxygen atoms in total. The van der Waals surface area contributed by atoms with Crippen LogP contribution in [-0.2, 0) is 23.6 Å². The van der Waals surface area contributed by atoms with Gasteiger partial charge in [-0.15, -0.1) is 11.3 Å². The van der Waals surface area contributed by atoms with Crippen molar-refractivity contribution in [3.05, 3.63) is 82.6 Å². The van der Waals surface area contributed by atoms with Gasteiger partial charge in [0.15, 0.2) is 0 Å². The first-order valence-corrected chi connectivity index (χ1v) is 7.38. The molecule has 1 unspecified atom stereocenters. The molecule has 0 radical (unpaired) electrons. The molecule has 1 heterocycles. The summed E-state index contributed by atoms with van der Waals surface area (Å²) >= 11 is 1.81. The van der Waals surface area contributed by atoms with Crippen molar-refractivity contribution < 1.29 is 17.1 Å². The molecular weight excluding hydrogens is 306 g/mol. The summed E-state index contributed by atoms with van der Waals surface area (Å²) in [5.41, 5.74) is 1.36. The van der Waals surface area contributed by atoms with Crippen molar-refractivity contribution in [3.63, 3.8) is 0 Å². The van der Waals surface area contributed by atoms with Crippen LogP contribution in [0.3, 0.4) is 0 Å². The third-order valence-corrected chi connectivity index (χ3v) is 3.92. The van der Waals surface area contributed by atoms with E-state index in [-0.39, 0.29) is 17.1 Å². The summed E-state index contributed by atoms with van der Waals surface area (Å²) < 4.78 is 0. The van der Waals surface area contributed by atoms with Crippen molar-refractivity contribution in [3.8, 4) is 0 Å². The number of hydrogen-bond acceptors (Lipinski definition) is 2. The molecule has 3 heteroatoms. The summed E-state index contributed by atoms with van der Waals surface area (Å²) in [5.74, 6) is 0. The van der Waals surface area contributed by atoms with E-state index < -0.39 is 0 Å². The molecule has 2 aromatic carbocycles. The monoisotopic (exact) mass is 325 g/mol. The standard InChI is InChI=1S/C12H14NS.C5H5.Fe/c1-10(12-7-4-8-14-12)13-9-11-5-2-3-6-11;1-2-4-5-3-1;/h2-8,10,13H,9H2,1H3;1-5H;/q-5;-1;. The minimum Gasteiger partial charge on any atom is -0.748 e. The van der Waals surface area contributed by atoms with Crippen molar-refractivity contribution in [2.75, 3.05) is 0 Å². The second kappa shape index (κ2) is 9.73. The fourth-order valence-electron chi connectivity index (χ4n) is 1.76. The Kier molecular flexibility index (Phi) is 8.24. The van der Waals surface area contributed by atoms with Crippen LogP contribution in [0.5, 0.6) is 0 Å². The van der Waals surface area contributed by atoms with E-state index in [1.807, 2.05) is 30.3 Å². The third kappa shape index (κ3) is 5.89. The molecule has 112 valence electrons. The van der Waals surface area contributed by atoms with E-state index in [9.17, 15) is 0 Å². The SMILES string of the molecule is CC(NC[c-]1[cH-][cH-][cH-][cH-]1)c1cccs1.[Fe].c1cc[cH-]c1. The van der Waals surface area contributed by atoms with Crippen LogP contribution < -0.4 is 5.32 Å². The third-order valence-electron chi connectivity index (χ3n) is 2.87. The van der Waals surface area contributed by atoms with Gasteiger partial charge in [-0.1, -0.05) is 6.07 Å². The van der Waals surface area contributed by atoms with E-state index in [1.54, 1.807) is 11.3 Å². The quantitative estimate of drug-likeness (QED) is 0.540. The van der Waals surface area contributed by atoms with E-state index >= 15 is 0 Å². The van der Waals surface area contributed by atoms with Crippen LogP contribution in [0.25, 0.3) is 0 Å². The van der Waals surface area contributed by atoms with Crippen LogP contribution in [0.2, 0.25) is 0 Å². The average molecular weight is 325 g/mol. The van der Waals surface area contributed by atoms with Gasteiger partial charge >= 0.3 is 0 Å². The van der Waals surface area contributed by atoms with Gasteiger partial charge in [0, 0.05) is 28.0 Å². The minimum absolute atomic E-state index is 0. The summed E-state index contributed by atoms with van der Waals surface area (Å²) in [6, 6.07) is 23.2. The molecule has 0 bridgehead atoms. The van der Waals surface area contributed by atoms with E-state index in [1.165, 1.54) is 10.4 Å². The molecule has 0 saturated heterocycles. The summed E-state index contributed by atoms with van der Waals surface area (Å²) in [7, 11) is 0. The van der Waals surface area contributed by atoms with Gasteiger partial charge in [0.25, 0.3) is 0 Å². The zero-order valence-electron chi connectivity index (χ0n) is 11.5. The zero-order chi connectivity index (χ0) is 13.3. The van der Waals surface area contributed by atoms with Crippen LogP contribution in [0.1, 0.15) is 23.4 Å². The van der Waals surface area contributed by atoms with E-state index in [0.29, 0.717) is 6.04 Å². The van der Waals surface area contributed by atoms with Gasteiger partial charge in [0.05, 0.1) is 0 Å². The van der Waals surface area contributed by atoms with Gasteiger partial charge in [-0.05, 0) is 18.4 Å². The van der Waals surface area contributed by atoms with Gasteiger partial charge < -0.3 is 35.1 Å². The molecule has 0 aliphatic rings. The predicted octanol–water partition coefficient (Wildman–Crippen LogP) is 4.72. The Hall–Kier alpha value is -1.12. The van der Waals surface area contributed by atoms with E-state index in [4.69, 9.17) is 0 Å². The maximum Gasteiger partial charge on any atom is 0.0363 e. The van der Waals surface area contributed by atoms with Crippen molar-refractivity contribution in [2.45, 2.75) is 19.5 Å². The van der Waals surface area contributed by atoms with Crippen LogP contribution in [0.4, 0.5) is 0 Å². The molecular formula is C17H19FeNS-6. The number of nitrogens with one attached hydrogen (secondary N) is 1. The van der Waals surface area contributed by atoms with Gasteiger partial charge in [-0.3, -0.25) is 0 Å². The van der Waals surface area contributed by atoms with E-state index in [2.05, 4.69) is 54.0 Å². The Morgan fingerprint density at radius 3 is 2.40 bits per heavy atom. The van der Waals surface area contributed by atoms with Crippen LogP contribution in [0, 0.1) is 0 Å². The number of thiophene rings is 1. The smallest absolute Gasteiger partial charge is 0.0363 e. The summed E-state index contributed by atoms with van der Waals surface area (Å²) in [6.45, 7) is 3.15. The molecule has 1 N–H and O–H groups in total. The molecule has 1 atom stereocenters. The van der Waals surface area contributed by atoms with Crippen molar-refractivity contribution in [1.29, 1.82) is 0 Å². The van der Waals surface area contributed by atoms with E-state index in [0.717, 1.165) is 6.54 Å². The first-order valence-electron chi connectivity index (χ1n) is 6.50. The average Bonchev–Trinajstić information content (AvgIpc) is 3.21. The Morgan fingerprint density at radius 2 is 1.90 bits per heavy atom. The summed E-state index contributed by atoms with van der Waals surface area (Å²) in [5, 5.41) is 5.62. The number of rotatable bonds is 4. The van der Waals surface area contributed by atoms with Gasteiger partial charge in [-0.25, -0.2) is 12.1 Å². The van der Waals surface area contributed by atoms with Gasteiger partial charge in [0.1, 0.15) is 0 Å². The Labute approximate surface area is 135 Å². The molecule has 3 aromatic rings. The topological polar surface area (TPSA) is 12.0 Å². The van der Waals surface area contributed by atoms with Crippen LogP contribution in [0.15, 0.2) is 72.1 Å². The fourth-order valence-corrected chi connectivity index (χ4v) is 2.52. The molecule has 0 amide bonds. The second-order valence-electron chi connectivity index (χ2n) is 4.37.